The highest BCUT2D eigenvalue weighted by molar-refractivity contribution is 6.00. The first-order valence-corrected chi connectivity index (χ1v) is 45.3. The van der Waals surface area contributed by atoms with Crippen molar-refractivity contribution in [3.05, 3.63) is 107 Å². The molecule has 0 spiro atoms. The Labute approximate surface area is 775 Å². The van der Waals surface area contributed by atoms with Gasteiger partial charge in [-0.1, -0.05) is 105 Å². The van der Waals surface area contributed by atoms with E-state index in [-0.39, 0.29) is 214 Å². The largest absolute Gasteiger partial charge is 0.481 e. The number of likely N-dealkylation sites (N-methyl/N-ethyl adjacent to an activating group) is 1. The third-order valence-electron chi connectivity index (χ3n) is 23.3. The number of carbonyl (C=O) groups is 18. The molecule has 4 aromatic rings. The first-order chi connectivity index (χ1) is 64.3. The van der Waals surface area contributed by atoms with E-state index in [0.717, 1.165) is 22.6 Å². The van der Waals surface area contributed by atoms with Crippen LogP contribution in [0.3, 0.4) is 0 Å². The molecule has 134 heavy (non-hydrogen) atoms. The number of hydrogen-bond acceptors (Lipinski definition) is 25. The lowest BCUT2D eigenvalue weighted by atomic mass is 9.99. The summed E-state index contributed by atoms with van der Waals surface area (Å²) in [6.45, 7) is 1.26. The molecule has 45 heteroatoms. The summed E-state index contributed by atoms with van der Waals surface area (Å²) in [5, 5.41) is 78.1. The number of H-pyrrole nitrogens is 1. The molecule has 0 aliphatic carbocycles. The molecular weight excluding hydrogens is 1750 g/mol. The Kier molecular flexibility index (Phi) is 44.7. The SMILES string of the molecule is CCCCCC[C@@H]1NC(=O)[C@@H](Cc2ccc(CNC(=O)COCCOCCNC(=O)CN3CCN(CC(=O)O)CCN(CC(=O)O)CCN(CC(=O)O)CC3)cc2)NC(=O)[C@H](Cc2ccccc2)N(C)C(=O)CNC(=O)CNC(=O)[C@H]2CCCN2C(=O)[C@H](CC(=O)O)NC(=O)[C@H](CCCCNC(=O)N2CCN(CC(=O)O)CC2)NC(=O)CNC(=O)[C@H](Cc2c[nH]c3ccccc23)NC1=O. The molecule has 1 aromatic heterocycles. The molecular formula is C89H128N20O25. The van der Waals surface area contributed by atoms with Crippen molar-refractivity contribution in [2.45, 2.75) is 146 Å². The summed E-state index contributed by atoms with van der Waals surface area (Å²) in [6.07, 6.45) is 2.93. The number of nitrogens with one attached hydrogen (secondary N) is 12. The summed E-state index contributed by atoms with van der Waals surface area (Å²) < 4.78 is 11.2. The fourth-order valence-electron chi connectivity index (χ4n) is 15.9. The highest BCUT2D eigenvalue weighted by Gasteiger charge is 2.41. The molecule has 0 saturated carbocycles. The van der Waals surface area contributed by atoms with E-state index >= 15 is 14.4 Å². The first kappa shape index (κ1) is 107. The molecule has 0 radical (unpaired) electrons. The lowest BCUT2D eigenvalue weighted by molar-refractivity contribution is -0.146. The van der Waals surface area contributed by atoms with E-state index < -0.39 is 169 Å². The Hall–Kier alpha value is -12.8. The number of benzene rings is 3. The third kappa shape index (κ3) is 37.7. The van der Waals surface area contributed by atoms with Gasteiger partial charge in [0.25, 0.3) is 0 Å². The number of nitrogens with zero attached hydrogens (tertiary/aromatic N) is 8. The molecule has 4 aliphatic heterocycles. The Morgan fingerprint density at radius 1 is 0.433 bits per heavy atom. The molecule has 7 atom stereocenters. The fraction of sp³-hybridized carbons (Fsp3) is 0.573. The summed E-state index contributed by atoms with van der Waals surface area (Å²) in [7, 11) is 1.32. The smallest absolute Gasteiger partial charge is 0.317 e. The van der Waals surface area contributed by atoms with Crippen molar-refractivity contribution >= 4 is 118 Å². The van der Waals surface area contributed by atoms with Crippen molar-refractivity contribution in [1.82, 2.24) is 103 Å². The van der Waals surface area contributed by atoms with Gasteiger partial charge in [0.1, 0.15) is 48.9 Å². The fourth-order valence-corrected chi connectivity index (χ4v) is 15.9. The topological polar surface area (TPSA) is 601 Å². The van der Waals surface area contributed by atoms with Gasteiger partial charge in [0.15, 0.2) is 0 Å². The van der Waals surface area contributed by atoms with Crippen LogP contribution in [0.5, 0.6) is 0 Å². The van der Waals surface area contributed by atoms with Gasteiger partial charge >= 0.3 is 35.9 Å². The van der Waals surface area contributed by atoms with E-state index in [9.17, 15) is 97.5 Å². The summed E-state index contributed by atoms with van der Waals surface area (Å²) in [4.78, 5) is 260. The number of unbranched alkanes of at least 4 members (excludes halogenated alkanes) is 4. The number of urea groups is 1. The monoisotopic (exact) mass is 1880 g/mol. The minimum atomic E-state index is -1.83. The zero-order valence-corrected chi connectivity index (χ0v) is 75.8. The van der Waals surface area contributed by atoms with Gasteiger partial charge < -0.3 is 113 Å². The second-order valence-corrected chi connectivity index (χ2v) is 33.5. The number of carbonyl (C=O) groups excluding carboxylic acids is 13. The molecule has 3 aromatic carbocycles. The molecule has 4 saturated heterocycles. The van der Waals surface area contributed by atoms with Gasteiger partial charge in [0.05, 0.1) is 78.6 Å². The van der Waals surface area contributed by atoms with Crippen molar-refractivity contribution in [2.24, 2.45) is 0 Å². The predicted octanol–water partition coefficient (Wildman–Crippen LogP) is -3.93. The maximum atomic E-state index is 15.4. The van der Waals surface area contributed by atoms with E-state index in [0.29, 0.717) is 59.1 Å². The predicted molar refractivity (Wildman–Crippen MR) is 481 cm³/mol. The van der Waals surface area contributed by atoms with Gasteiger partial charge in [-0.25, -0.2) is 4.79 Å². The van der Waals surface area contributed by atoms with Crippen LogP contribution in [0, 0.1) is 0 Å². The number of aromatic amines is 1. The molecule has 5 heterocycles. The van der Waals surface area contributed by atoms with Crippen LogP contribution in [0.25, 0.3) is 10.9 Å². The van der Waals surface area contributed by atoms with Crippen LogP contribution in [0.15, 0.2) is 85.1 Å². The van der Waals surface area contributed by atoms with Crippen LogP contribution in [-0.4, -0.2) is 403 Å². The second kappa shape index (κ2) is 56.3. The van der Waals surface area contributed by atoms with Crippen LogP contribution in [0.1, 0.15) is 99.8 Å². The number of rotatable bonds is 38. The third-order valence-corrected chi connectivity index (χ3v) is 23.3. The second-order valence-electron chi connectivity index (χ2n) is 33.5. The first-order valence-electron chi connectivity index (χ1n) is 45.3. The van der Waals surface area contributed by atoms with Crippen molar-refractivity contribution in [1.29, 1.82) is 0 Å². The molecule has 4 fully saturated rings. The number of hydrogen-bond donors (Lipinski definition) is 17. The molecule has 8 rings (SSSR count). The van der Waals surface area contributed by atoms with Gasteiger partial charge in [0.2, 0.25) is 70.9 Å². The highest BCUT2D eigenvalue weighted by atomic mass is 16.5. The summed E-state index contributed by atoms with van der Waals surface area (Å²) in [6, 6.07) is 11.4. The molecule has 0 unspecified atom stereocenters. The van der Waals surface area contributed by atoms with Gasteiger partial charge in [-0.15, -0.1) is 0 Å². The maximum Gasteiger partial charge on any atom is 0.317 e. The number of piperazine rings is 1. The van der Waals surface area contributed by atoms with Gasteiger partial charge in [-0.05, 0) is 66.8 Å². The summed E-state index contributed by atoms with van der Waals surface area (Å²) in [5.41, 5.74) is 2.85. The number of aromatic nitrogens is 1. The van der Waals surface area contributed by atoms with Gasteiger partial charge in [-0.2, -0.15) is 0 Å². The van der Waals surface area contributed by atoms with E-state index in [1.54, 1.807) is 110 Å². The Morgan fingerprint density at radius 2 is 0.948 bits per heavy atom. The number of para-hydroxylation sites is 1. The number of carboxylic acid groups (broad SMARTS) is 5. The molecule has 17 N–H and O–H groups in total. The average Bonchev–Trinajstić information content (AvgIpc) is 1.69. The zero-order chi connectivity index (χ0) is 97.0. The standard InChI is InChI=1S/C89H128N20O25/c1-3-4-5-9-19-66-84(127)99-68(46-62-49-92-64-18-11-10-17-63(62)64)82(125)95-51-73(111)97-65(20-12-13-26-91-89(132)108-39-37-107(38-40-108)57-81(123)124)83(126)101-69(47-77(115)116)88(131)109-28-14-21-70(109)86(129)96-50-72(110)94-52-76(114)102(2)71(45-59-15-7-6-8-16-59)87(130)100-67(85(128)98-66)44-60-22-24-61(25-23-60)48-93-75(113)58-134-43-42-133-41-27-90-74(112)53-103-29-31-104(54-78(117)118)33-35-106(56-80(121)122)36-34-105(32-30-103)55-79(119)120/h6-8,10-11,15-18,22-25,49,65-71,92H,3-5,9,12-14,19-21,26-48,50-58H2,1-2H3,(H,90,112)(H,91,132)(H,93,113)(H,94,110)(H,95,125)(H,96,129)(H,97,111)(H,98,128)(H,99,127)(H,100,130)(H,101,126)(H,115,116)(H,117,118)(H,119,120)(H,121,122)(H,123,124)/t65-,66-,67+,68-,69-,70+,71-/m0/s1. The zero-order valence-electron chi connectivity index (χ0n) is 75.8. The number of carboxylic acids is 5. The van der Waals surface area contributed by atoms with E-state index in [2.05, 4.69) is 63.5 Å². The molecule has 4 aliphatic rings. The van der Waals surface area contributed by atoms with Crippen molar-refractivity contribution in [3.63, 3.8) is 0 Å². The molecule has 734 valence electrons. The molecule has 45 nitrogen and oxygen atoms in total. The van der Waals surface area contributed by atoms with Crippen LogP contribution >= 0.6 is 0 Å². The van der Waals surface area contributed by atoms with E-state index in [1.165, 1.54) is 11.9 Å². The quantitative estimate of drug-likeness (QED) is 0.0191. The number of aliphatic carboxylic acids is 5. The number of fused-ring (bicyclic) bond motifs is 2. The maximum absolute atomic E-state index is 15.4. The normalized spacial score (nSPS) is 21.0. The average molecular weight is 1880 g/mol. The number of amides is 14. The Balaban J connectivity index is 0.975. The lowest BCUT2D eigenvalue weighted by Gasteiger charge is -2.33. The van der Waals surface area contributed by atoms with Crippen LogP contribution in [0.4, 0.5) is 4.79 Å². The molecule has 0 bridgehead atoms. The van der Waals surface area contributed by atoms with Crippen LogP contribution < -0.4 is 58.5 Å². The van der Waals surface area contributed by atoms with E-state index in [4.69, 9.17) is 9.47 Å². The number of ether oxygens (including phenoxy) is 2. The van der Waals surface area contributed by atoms with Crippen molar-refractivity contribution < 1.29 is 121 Å². The summed E-state index contributed by atoms with van der Waals surface area (Å²) in [5.74, 6) is -15.6. The van der Waals surface area contributed by atoms with Gasteiger partial charge in [-0.3, -0.25) is 106 Å². The molecule has 14 amide bonds. The van der Waals surface area contributed by atoms with Gasteiger partial charge in [0, 0.05) is 148 Å². The van der Waals surface area contributed by atoms with E-state index in [1.807, 2.05) is 6.92 Å². The Bertz CT molecular complexity index is 4600. The Morgan fingerprint density at radius 3 is 1.56 bits per heavy atom. The summed E-state index contributed by atoms with van der Waals surface area (Å²) >= 11 is 0. The minimum absolute atomic E-state index is 0.000729. The van der Waals surface area contributed by atoms with Crippen LogP contribution in [-0.2, 0) is 117 Å². The van der Waals surface area contributed by atoms with Crippen molar-refractivity contribution in [2.75, 3.05) is 184 Å². The van der Waals surface area contributed by atoms with Crippen molar-refractivity contribution in [3.8, 4) is 0 Å². The highest BCUT2D eigenvalue weighted by Crippen LogP contribution is 2.23. The van der Waals surface area contributed by atoms with Crippen LogP contribution in [0.2, 0.25) is 0 Å². The minimum Gasteiger partial charge on any atom is -0.481 e. The lowest BCUT2D eigenvalue weighted by Crippen LogP contribution is -2.60.